The summed E-state index contributed by atoms with van der Waals surface area (Å²) >= 11 is 1.43. The molecule has 0 bridgehead atoms. The van der Waals surface area contributed by atoms with Gasteiger partial charge in [-0.05, 0) is 68.7 Å². The number of benzene rings is 1. The summed E-state index contributed by atoms with van der Waals surface area (Å²) in [6, 6.07) is 4.88. The summed E-state index contributed by atoms with van der Waals surface area (Å²) in [5, 5.41) is 6.75. The van der Waals surface area contributed by atoms with Crippen molar-refractivity contribution in [2.24, 2.45) is 0 Å². The molecule has 0 spiro atoms. The lowest BCUT2D eigenvalue weighted by molar-refractivity contribution is 0.0948. The molecule has 1 aliphatic carbocycles. The number of ether oxygens (including phenoxy) is 1. The first-order chi connectivity index (χ1) is 15.9. The molecule has 2 amide bonds. The van der Waals surface area contributed by atoms with Crippen molar-refractivity contribution in [1.82, 2.24) is 5.32 Å². The zero-order valence-electron chi connectivity index (χ0n) is 19.1. The molecular weight excluding hydrogens is 440 g/mol. The third-order valence-corrected chi connectivity index (χ3v) is 7.04. The van der Waals surface area contributed by atoms with Gasteiger partial charge in [0.25, 0.3) is 11.8 Å². The predicted octanol–water partition coefficient (Wildman–Crippen LogP) is 4.37. The van der Waals surface area contributed by atoms with Crippen LogP contribution < -0.4 is 16.1 Å². The van der Waals surface area contributed by atoms with E-state index in [0.717, 1.165) is 47.3 Å². The van der Waals surface area contributed by atoms with E-state index < -0.39 is 5.91 Å². The number of rotatable bonds is 7. The van der Waals surface area contributed by atoms with Crippen LogP contribution in [0.5, 0.6) is 0 Å². The maximum Gasteiger partial charge on any atom is 0.292 e. The van der Waals surface area contributed by atoms with Crippen LogP contribution in [0.1, 0.15) is 61.7 Å². The van der Waals surface area contributed by atoms with Gasteiger partial charge in [0, 0.05) is 31.2 Å². The van der Waals surface area contributed by atoms with E-state index in [1.807, 2.05) is 19.9 Å². The molecule has 3 aromatic rings. The summed E-state index contributed by atoms with van der Waals surface area (Å²) in [5.41, 5.74) is 3.41. The average Bonchev–Trinajstić information content (AvgIpc) is 3.13. The molecule has 1 aliphatic rings. The number of anilines is 1. The third-order valence-electron chi connectivity index (χ3n) is 5.83. The van der Waals surface area contributed by atoms with Gasteiger partial charge in [-0.15, -0.1) is 11.3 Å². The van der Waals surface area contributed by atoms with E-state index in [0.29, 0.717) is 41.1 Å². The molecule has 0 aliphatic heterocycles. The number of hydrogen-bond donors (Lipinski definition) is 2. The minimum absolute atomic E-state index is 0.0738. The van der Waals surface area contributed by atoms with Crippen molar-refractivity contribution in [3.05, 3.63) is 61.3 Å². The summed E-state index contributed by atoms with van der Waals surface area (Å²) < 4.78 is 10.9. The van der Waals surface area contributed by atoms with Crippen LogP contribution in [0.4, 0.5) is 5.00 Å². The van der Waals surface area contributed by atoms with Gasteiger partial charge in [-0.2, -0.15) is 0 Å². The molecule has 1 aromatic carbocycles. The highest BCUT2D eigenvalue weighted by atomic mass is 32.1. The van der Waals surface area contributed by atoms with E-state index >= 15 is 0 Å². The van der Waals surface area contributed by atoms with Crippen molar-refractivity contribution in [1.29, 1.82) is 0 Å². The highest BCUT2D eigenvalue weighted by Crippen LogP contribution is 2.38. The van der Waals surface area contributed by atoms with E-state index in [2.05, 4.69) is 10.6 Å². The molecule has 0 saturated heterocycles. The summed E-state index contributed by atoms with van der Waals surface area (Å²) in [6.45, 7) is 4.81. The van der Waals surface area contributed by atoms with Crippen molar-refractivity contribution in [2.45, 2.75) is 46.0 Å². The second kappa shape index (κ2) is 9.89. The fourth-order valence-corrected chi connectivity index (χ4v) is 5.62. The molecule has 2 N–H and O–H groups in total. The topological polar surface area (TPSA) is 97.6 Å². The third kappa shape index (κ3) is 4.86. The summed E-state index contributed by atoms with van der Waals surface area (Å²) in [4.78, 5) is 39.9. The normalized spacial score (nSPS) is 13.1. The molecule has 0 unspecified atom stereocenters. The van der Waals surface area contributed by atoms with Gasteiger partial charge in [-0.25, -0.2) is 0 Å². The predicted molar refractivity (Wildman–Crippen MR) is 130 cm³/mol. The van der Waals surface area contributed by atoms with E-state index in [-0.39, 0.29) is 17.1 Å². The van der Waals surface area contributed by atoms with Crippen molar-refractivity contribution in [2.75, 3.05) is 25.6 Å². The van der Waals surface area contributed by atoms with Crippen LogP contribution in [0.15, 0.2) is 27.4 Å². The smallest absolute Gasteiger partial charge is 0.292 e. The van der Waals surface area contributed by atoms with Gasteiger partial charge in [0.2, 0.25) is 0 Å². The Balaban J connectivity index is 1.65. The Morgan fingerprint density at radius 3 is 2.70 bits per heavy atom. The zero-order valence-corrected chi connectivity index (χ0v) is 19.9. The minimum atomic E-state index is -0.541. The molecule has 33 heavy (non-hydrogen) atoms. The number of carbonyl (C=O) groups excluding carboxylic acids is 2. The van der Waals surface area contributed by atoms with Crippen molar-refractivity contribution in [3.63, 3.8) is 0 Å². The molecule has 174 valence electrons. The fraction of sp³-hybridized carbons (Fsp3) is 0.400. The molecule has 0 saturated carbocycles. The van der Waals surface area contributed by atoms with Gasteiger partial charge in [0.15, 0.2) is 11.2 Å². The Morgan fingerprint density at radius 2 is 1.91 bits per heavy atom. The number of amides is 2. The van der Waals surface area contributed by atoms with Gasteiger partial charge in [0.05, 0.1) is 10.9 Å². The van der Waals surface area contributed by atoms with E-state index in [1.165, 1.54) is 17.4 Å². The second-order valence-corrected chi connectivity index (χ2v) is 9.51. The first-order valence-corrected chi connectivity index (χ1v) is 12.0. The molecule has 0 radical (unpaired) electrons. The highest BCUT2D eigenvalue weighted by Gasteiger charge is 2.27. The first kappa shape index (κ1) is 23.2. The lowest BCUT2D eigenvalue weighted by Gasteiger charge is -2.13. The number of thiophene rings is 1. The van der Waals surface area contributed by atoms with Crippen LogP contribution >= 0.6 is 11.3 Å². The molecule has 4 rings (SSSR count). The molecule has 8 heteroatoms. The standard InChI is InChI=1S/C25H28N2O5S/c1-14-11-15(2)21-17(28)13-19(32-18(21)12-14)23(29)27-25-22(24(30)26-9-6-10-31-3)16-7-4-5-8-20(16)33-25/h11-13H,4-10H2,1-3H3,(H,26,30)(H,27,29). The summed E-state index contributed by atoms with van der Waals surface area (Å²) in [7, 11) is 1.62. The summed E-state index contributed by atoms with van der Waals surface area (Å²) in [5.74, 6) is -0.817. The Hall–Kier alpha value is -2.97. The second-order valence-electron chi connectivity index (χ2n) is 8.40. The fourth-order valence-electron chi connectivity index (χ4n) is 4.34. The molecule has 2 aromatic heterocycles. The van der Waals surface area contributed by atoms with Gasteiger partial charge in [0.1, 0.15) is 10.6 Å². The van der Waals surface area contributed by atoms with Crippen LogP contribution in [-0.4, -0.2) is 32.1 Å². The van der Waals surface area contributed by atoms with Gasteiger partial charge in [-0.1, -0.05) is 6.07 Å². The highest BCUT2D eigenvalue weighted by molar-refractivity contribution is 7.17. The minimum Gasteiger partial charge on any atom is -0.451 e. The van der Waals surface area contributed by atoms with Crippen LogP contribution in [-0.2, 0) is 17.6 Å². The lowest BCUT2D eigenvalue weighted by atomic mass is 9.95. The van der Waals surface area contributed by atoms with Crippen molar-refractivity contribution < 1.29 is 18.7 Å². The van der Waals surface area contributed by atoms with Crippen molar-refractivity contribution >= 4 is 39.1 Å². The monoisotopic (exact) mass is 468 g/mol. The Morgan fingerprint density at radius 1 is 1.12 bits per heavy atom. The van der Waals surface area contributed by atoms with Gasteiger partial charge in [-0.3, -0.25) is 14.4 Å². The molecule has 0 atom stereocenters. The number of methoxy groups -OCH3 is 1. The Kier molecular flexibility index (Phi) is 6.95. The zero-order chi connectivity index (χ0) is 23.5. The molecule has 0 fully saturated rings. The number of hydrogen-bond acceptors (Lipinski definition) is 6. The summed E-state index contributed by atoms with van der Waals surface area (Å²) in [6.07, 6.45) is 4.49. The average molecular weight is 469 g/mol. The number of fused-ring (bicyclic) bond motifs is 2. The quantitative estimate of drug-likeness (QED) is 0.502. The molecular formula is C25H28N2O5S. The molecule has 7 nitrogen and oxygen atoms in total. The number of aryl methyl sites for hydroxylation is 3. The van der Waals surface area contributed by atoms with Crippen LogP contribution in [0, 0.1) is 13.8 Å². The Labute approximate surface area is 196 Å². The molecule has 2 heterocycles. The number of nitrogens with one attached hydrogen (secondary N) is 2. The van der Waals surface area contributed by atoms with Crippen LogP contribution in [0.3, 0.4) is 0 Å². The largest absolute Gasteiger partial charge is 0.451 e. The lowest BCUT2D eigenvalue weighted by Crippen LogP contribution is -2.27. The van der Waals surface area contributed by atoms with E-state index in [1.54, 1.807) is 13.2 Å². The van der Waals surface area contributed by atoms with Gasteiger partial charge >= 0.3 is 0 Å². The number of carbonyl (C=O) groups is 2. The van der Waals surface area contributed by atoms with E-state index in [9.17, 15) is 14.4 Å². The van der Waals surface area contributed by atoms with Gasteiger partial charge < -0.3 is 19.8 Å². The van der Waals surface area contributed by atoms with Crippen LogP contribution in [0.25, 0.3) is 11.0 Å². The van der Waals surface area contributed by atoms with E-state index in [4.69, 9.17) is 9.15 Å². The Bertz CT molecular complexity index is 1270. The van der Waals surface area contributed by atoms with Crippen molar-refractivity contribution in [3.8, 4) is 0 Å². The maximum atomic E-state index is 13.1. The first-order valence-electron chi connectivity index (χ1n) is 11.2. The maximum absolute atomic E-state index is 13.1. The SMILES string of the molecule is COCCCNC(=O)c1c(NC(=O)c2cc(=O)c3c(C)cc(C)cc3o2)sc2c1CCCC2. The van der Waals surface area contributed by atoms with Crippen LogP contribution in [0.2, 0.25) is 0 Å².